The van der Waals surface area contributed by atoms with Crippen molar-refractivity contribution in [2.75, 3.05) is 20.3 Å². The number of allylic oxidation sites excluding steroid dienone is 1. The van der Waals surface area contributed by atoms with Gasteiger partial charge in [0.05, 0.1) is 36.5 Å². The number of hydrogen-bond donors (Lipinski definition) is 4. The lowest BCUT2D eigenvalue weighted by atomic mass is 9.95. The van der Waals surface area contributed by atoms with Crippen LogP contribution in [0.5, 0.6) is 11.5 Å². The number of amides is 2. The van der Waals surface area contributed by atoms with Gasteiger partial charge < -0.3 is 30.0 Å². The molecule has 0 saturated carbocycles. The molecule has 2 aromatic carbocycles. The second-order valence-electron chi connectivity index (χ2n) is 7.88. The number of esters is 1. The normalized spacial score (nSPS) is 15.9. The zero-order valence-electron chi connectivity index (χ0n) is 20.7. The maximum atomic E-state index is 12.4. The van der Waals surface area contributed by atoms with Crippen molar-refractivity contribution in [3.05, 3.63) is 73.9 Å². The number of aliphatic hydroxyl groups is 1. The molecule has 14 heteroatoms. The molecule has 0 spiro atoms. The minimum atomic E-state index is -1.23. The Kier molecular flexibility index (Phi) is 9.46. The molecule has 4 N–H and O–H groups in total. The Morgan fingerprint density at radius 3 is 2.74 bits per heavy atom. The van der Waals surface area contributed by atoms with Crippen LogP contribution in [0.2, 0.25) is 5.02 Å². The Labute approximate surface area is 222 Å². The molecule has 38 heavy (non-hydrogen) atoms. The topological polar surface area (TPSA) is 174 Å². The maximum absolute atomic E-state index is 12.4. The molecule has 0 saturated heterocycles. The molecule has 2 atom stereocenters. The predicted molar refractivity (Wildman–Crippen MR) is 137 cm³/mol. The van der Waals surface area contributed by atoms with Crippen LogP contribution in [0, 0.1) is 10.1 Å². The highest BCUT2D eigenvalue weighted by Crippen LogP contribution is 2.35. The fraction of sp³-hybridized carbons (Fsp3) is 0.292. The second kappa shape index (κ2) is 12.7. The quantitative estimate of drug-likeness (QED) is 0.108. The third-order valence-electron chi connectivity index (χ3n) is 5.28. The molecular formula is C24H26ClN5O8. The van der Waals surface area contributed by atoms with Crippen LogP contribution >= 0.6 is 11.6 Å². The SMILES string of the molecule is CCOc1cc([C@H]2NC(=O)NC(C)=C2C(=O)OC)ccc1OC[C@H](O)N/N=C\c1ccc(Cl)c([N+](=O)[O-])c1. The molecular weight excluding hydrogens is 522 g/mol. The van der Waals surface area contributed by atoms with E-state index in [2.05, 4.69) is 21.2 Å². The van der Waals surface area contributed by atoms with Crippen molar-refractivity contribution in [3.63, 3.8) is 0 Å². The Bertz CT molecular complexity index is 1280. The lowest BCUT2D eigenvalue weighted by Crippen LogP contribution is -2.45. The van der Waals surface area contributed by atoms with Gasteiger partial charge in [-0.2, -0.15) is 5.10 Å². The van der Waals surface area contributed by atoms with E-state index in [4.69, 9.17) is 25.8 Å². The van der Waals surface area contributed by atoms with E-state index in [1.165, 1.54) is 31.5 Å². The van der Waals surface area contributed by atoms with Crippen molar-refractivity contribution >= 4 is 35.5 Å². The molecule has 3 rings (SSSR count). The number of urea groups is 1. The van der Waals surface area contributed by atoms with Crippen LogP contribution in [0.15, 0.2) is 52.8 Å². The number of hydrazone groups is 1. The number of nitro benzene ring substituents is 1. The van der Waals surface area contributed by atoms with E-state index in [-0.39, 0.29) is 22.9 Å². The van der Waals surface area contributed by atoms with Crippen molar-refractivity contribution < 1.29 is 33.8 Å². The van der Waals surface area contributed by atoms with Gasteiger partial charge in [-0.1, -0.05) is 23.7 Å². The number of ether oxygens (including phenoxy) is 3. The largest absolute Gasteiger partial charge is 0.490 e. The molecule has 0 unspecified atom stereocenters. The van der Waals surface area contributed by atoms with E-state index >= 15 is 0 Å². The molecule has 0 aliphatic carbocycles. The fourth-order valence-corrected chi connectivity index (χ4v) is 3.76. The van der Waals surface area contributed by atoms with Gasteiger partial charge in [0.25, 0.3) is 5.69 Å². The monoisotopic (exact) mass is 547 g/mol. The maximum Gasteiger partial charge on any atom is 0.337 e. The summed E-state index contributed by atoms with van der Waals surface area (Å²) in [6, 6.07) is 7.76. The summed E-state index contributed by atoms with van der Waals surface area (Å²) in [5.41, 5.74) is 3.75. The Balaban J connectivity index is 1.70. The van der Waals surface area contributed by atoms with E-state index in [0.29, 0.717) is 34.9 Å². The number of carbonyl (C=O) groups is 2. The highest BCUT2D eigenvalue weighted by atomic mass is 35.5. The van der Waals surface area contributed by atoms with Gasteiger partial charge in [-0.25, -0.2) is 9.59 Å². The summed E-state index contributed by atoms with van der Waals surface area (Å²) >= 11 is 5.79. The number of hydrogen-bond acceptors (Lipinski definition) is 10. The van der Waals surface area contributed by atoms with Crippen LogP contribution in [-0.4, -0.2) is 54.8 Å². The van der Waals surface area contributed by atoms with Gasteiger partial charge in [-0.05, 0) is 37.6 Å². The predicted octanol–water partition coefficient (Wildman–Crippen LogP) is 2.77. The third-order valence-corrected chi connectivity index (χ3v) is 5.60. The van der Waals surface area contributed by atoms with Crippen LogP contribution < -0.4 is 25.5 Å². The molecule has 0 fully saturated rings. The van der Waals surface area contributed by atoms with Gasteiger partial charge in [0.1, 0.15) is 11.6 Å². The van der Waals surface area contributed by atoms with Crippen LogP contribution in [0.3, 0.4) is 0 Å². The first kappa shape index (κ1) is 28.2. The third kappa shape index (κ3) is 6.89. The van der Waals surface area contributed by atoms with Crippen molar-refractivity contribution in [1.29, 1.82) is 0 Å². The molecule has 0 aromatic heterocycles. The number of benzene rings is 2. The summed E-state index contributed by atoms with van der Waals surface area (Å²) in [5, 5.41) is 30.3. The number of halogens is 1. The standard InChI is InChI=1S/C24H26ClN5O8/c1-4-37-19-10-15(22-21(23(32)36-3)13(2)27-24(33)28-22)6-8-18(19)38-12-20(31)29-26-11-14-5-7-16(25)17(9-14)30(34)35/h5-11,20,22,29,31H,4,12H2,1-3H3,(H2,27,28,33)/b26-11-/t20-,22+/m0/s1. The zero-order valence-corrected chi connectivity index (χ0v) is 21.4. The van der Waals surface area contributed by atoms with Crippen LogP contribution in [0.1, 0.15) is 31.0 Å². The molecule has 1 heterocycles. The zero-order chi connectivity index (χ0) is 27.8. The Morgan fingerprint density at radius 2 is 2.05 bits per heavy atom. The van der Waals surface area contributed by atoms with Gasteiger partial charge in [-0.3, -0.25) is 15.5 Å². The highest BCUT2D eigenvalue weighted by molar-refractivity contribution is 6.32. The molecule has 13 nitrogen and oxygen atoms in total. The minimum Gasteiger partial charge on any atom is -0.490 e. The lowest BCUT2D eigenvalue weighted by molar-refractivity contribution is -0.384. The summed E-state index contributed by atoms with van der Waals surface area (Å²) in [6.45, 7) is 3.45. The van der Waals surface area contributed by atoms with Gasteiger partial charge in [-0.15, -0.1) is 0 Å². The average Bonchev–Trinajstić information content (AvgIpc) is 2.88. The van der Waals surface area contributed by atoms with E-state index < -0.39 is 29.2 Å². The van der Waals surface area contributed by atoms with Gasteiger partial charge >= 0.3 is 12.0 Å². The van der Waals surface area contributed by atoms with E-state index in [1.54, 1.807) is 32.0 Å². The van der Waals surface area contributed by atoms with Crippen molar-refractivity contribution in [1.82, 2.24) is 16.1 Å². The second-order valence-corrected chi connectivity index (χ2v) is 8.29. The molecule has 2 amide bonds. The molecule has 202 valence electrons. The Hall–Kier alpha value is -4.36. The molecule has 0 bridgehead atoms. The number of nitro groups is 1. The summed E-state index contributed by atoms with van der Waals surface area (Å²) < 4.78 is 16.2. The van der Waals surface area contributed by atoms with Gasteiger partial charge in [0, 0.05) is 17.3 Å². The summed E-state index contributed by atoms with van der Waals surface area (Å²) in [4.78, 5) is 34.8. The summed E-state index contributed by atoms with van der Waals surface area (Å²) in [5.74, 6) is 0.0272. The molecule has 0 radical (unpaired) electrons. The number of rotatable bonds is 11. The molecule has 1 aliphatic heterocycles. The number of methoxy groups -OCH3 is 1. The first-order chi connectivity index (χ1) is 18.1. The average molecular weight is 548 g/mol. The van der Waals surface area contributed by atoms with Crippen LogP contribution in [0.4, 0.5) is 10.5 Å². The smallest absolute Gasteiger partial charge is 0.337 e. The van der Waals surface area contributed by atoms with Crippen LogP contribution in [0.25, 0.3) is 0 Å². The first-order valence-electron chi connectivity index (χ1n) is 11.3. The first-order valence-corrected chi connectivity index (χ1v) is 11.7. The highest BCUT2D eigenvalue weighted by Gasteiger charge is 2.32. The number of aliphatic hydroxyl groups excluding tert-OH is 1. The molecule has 2 aromatic rings. The minimum absolute atomic E-state index is 0.000115. The molecule has 1 aliphatic rings. The lowest BCUT2D eigenvalue weighted by Gasteiger charge is -2.28. The van der Waals surface area contributed by atoms with Crippen molar-refractivity contribution in [2.24, 2.45) is 5.10 Å². The van der Waals surface area contributed by atoms with Gasteiger partial charge in [0.2, 0.25) is 0 Å². The van der Waals surface area contributed by atoms with E-state index in [0.717, 1.165) is 0 Å². The van der Waals surface area contributed by atoms with E-state index in [9.17, 15) is 24.8 Å². The summed E-state index contributed by atoms with van der Waals surface area (Å²) in [6.07, 6.45) is 0.0530. The summed E-state index contributed by atoms with van der Waals surface area (Å²) in [7, 11) is 1.25. The van der Waals surface area contributed by atoms with Crippen molar-refractivity contribution in [3.8, 4) is 11.5 Å². The number of nitrogens with zero attached hydrogens (tertiary/aromatic N) is 2. The van der Waals surface area contributed by atoms with Crippen molar-refractivity contribution in [2.45, 2.75) is 26.1 Å². The van der Waals surface area contributed by atoms with E-state index in [1.807, 2.05) is 0 Å². The number of carbonyl (C=O) groups excluding carboxylic acids is 2. The Morgan fingerprint density at radius 1 is 1.29 bits per heavy atom. The van der Waals surface area contributed by atoms with Crippen LogP contribution in [-0.2, 0) is 9.53 Å². The fourth-order valence-electron chi connectivity index (χ4n) is 3.57. The van der Waals surface area contributed by atoms with Gasteiger partial charge in [0.15, 0.2) is 17.7 Å². The number of nitrogens with one attached hydrogen (secondary N) is 3.